The second-order valence-corrected chi connectivity index (χ2v) is 5.33. The third-order valence-electron chi connectivity index (χ3n) is 0.813. The van der Waals surface area contributed by atoms with E-state index in [1.165, 1.54) is 0 Å². The summed E-state index contributed by atoms with van der Waals surface area (Å²) < 4.78 is -1.61. The first-order valence-corrected chi connectivity index (χ1v) is 4.54. The minimum absolute atomic E-state index is 1.07. The highest BCUT2D eigenvalue weighted by atomic mass is 35.6. The SMILES string of the molecule is Cc1ccccn1.ClC(Cl)(Cl)Cl. The summed E-state index contributed by atoms with van der Waals surface area (Å²) in [6.07, 6.45) is 1.79. The molecule has 1 aromatic rings. The first-order valence-electron chi connectivity index (χ1n) is 3.03. The Morgan fingerprint density at radius 1 is 1.17 bits per heavy atom. The molecule has 0 fully saturated rings. The maximum absolute atomic E-state index is 4.83. The largest absolute Gasteiger partial charge is 0.266 e. The number of alkyl halides is 4. The monoisotopic (exact) mass is 245 g/mol. The molecule has 0 saturated carbocycles. The molecule has 0 N–H and O–H groups in total. The lowest BCUT2D eigenvalue weighted by Gasteiger charge is -1.91. The molecular formula is C7H7Cl4N. The Bertz CT molecular complexity index is 200. The van der Waals surface area contributed by atoms with Crippen LogP contribution in [0.3, 0.4) is 0 Å². The lowest BCUT2D eigenvalue weighted by molar-refractivity contribution is 1.20. The highest BCUT2D eigenvalue weighted by Gasteiger charge is 2.11. The van der Waals surface area contributed by atoms with Crippen molar-refractivity contribution in [1.82, 2.24) is 4.98 Å². The summed E-state index contributed by atoms with van der Waals surface area (Å²) in [5.74, 6) is 0. The fraction of sp³-hybridized carbons (Fsp3) is 0.286. The maximum Gasteiger partial charge on any atom is 0.266 e. The first-order chi connectivity index (χ1) is 5.39. The van der Waals surface area contributed by atoms with Crippen molar-refractivity contribution in [3.05, 3.63) is 30.1 Å². The smallest absolute Gasteiger partial charge is 0.262 e. The second kappa shape index (κ2) is 5.87. The van der Waals surface area contributed by atoms with Crippen molar-refractivity contribution in [3.8, 4) is 0 Å². The van der Waals surface area contributed by atoms with Gasteiger partial charge >= 0.3 is 0 Å². The van der Waals surface area contributed by atoms with Gasteiger partial charge in [-0.05, 0) is 19.1 Å². The van der Waals surface area contributed by atoms with Gasteiger partial charge in [0.05, 0.1) is 0 Å². The molecule has 0 aromatic carbocycles. The van der Waals surface area contributed by atoms with Gasteiger partial charge in [-0.3, -0.25) is 4.98 Å². The van der Waals surface area contributed by atoms with Crippen molar-refractivity contribution in [2.75, 3.05) is 0 Å². The summed E-state index contributed by atoms with van der Waals surface area (Å²) in [4.78, 5) is 3.98. The molecule has 0 unspecified atom stereocenters. The Morgan fingerprint density at radius 2 is 1.67 bits per heavy atom. The number of pyridine rings is 1. The van der Waals surface area contributed by atoms with Gasteiger partial charge in [0.2, 0.25) is 0 Å². The Balaban J connectivity index is 0.000000217. The Morgan fingerprint density at radius 3 is 1.83 bits per heavy atom. The van der Waals surface area contributed by atoms with Gasteiger partial charge < -0.3 is 0 Å². The lowest BCUT2D eigenvalue weighted by atomic mass is 10.4. The second-order valence-electron chi connectivity index (χ2n) is 1.90. The Labute approximate surface area is 91.6 Å². The van der Waals surface area contributed by atoms with Crippen LogP contribution in [0, 0.1) is 6.92 Å². The van der Waals surface area contributed by atoms with Gasteiger partial charge in [0.25, 0.3) is 3.25 Å². The highest BCUT2D eigenvalue weighted by Crippen LogP contribution is 2.29. The molecule has 1 aromatic heterocycles. The van der Waals surface area contributed by atoms with Crippen LogP contribution in [-0.2, 0) is 0 Å². The molecule has 0 aliphatic rings. The Hall–Kier alpha value is 0.310. The average molecular weight is 247 g/mol. The molecule has 0 aliphatic heterocycles. The summed E-state index contributed by atoms with van der Waals surface area (Å²) >= 11 is 19.3. The van der Waals surface area contributed by atoms with Crippen LogP contribution in [-0.4, -0.2) is 8.24 Å². The predicted molar refractivity (Wildman–Crippen MR) is 55.1 cm³/mol. The van der Waals surface area contributed by atoms with Crippen LogP contribution in [0.5, 0.6) is 0 Å². The van der Waals surface area contributed by atoms with E-state index in [0.29, 0.717) is 0 Å². The van der Waals surface area contributed by atoms with Gasteiger partial charge in [-0.2, -0.15) is 0 Å². The van der Waals surface area contributed by atoms with Gasteiger partial charge in [0.15, 0.2) is 0 Å². The summed E-state index contributed by atoms with van der Waals surface area (Å²) in [6, 6.07) is 5.86. The number of rotatable bonds is 0. The molecule has 0 saturated heterocycles. The maximum atomic E-state index is 4.83. The molecule has 12 heavy (non-hydrogen) atoms. The van der Waals surface area contributed by atoms with Gasteiger partial charge in [0.1, 0.15) is 0 Å². The van der Waals surface area contributed by atoms with E-state index in [-0.39, 0.29) is 0 Å². The molecule has 1 heterocycles. The van der Waals surface area contributed by atoms with Crippen molar-refractivity contribution in [2.45, 2.75) is 10.2 Å². The summed E-state index contributed by atoms with van der Waals surface area (Å²) in [6.45, 7) is 1.97. The molecule has 0 amide bonds. The molecule has 0 radical (unpaired) electrons. The van der Waals surface area contributed by atoms with Crippen LogP contribution in [0.2, 0.25) is 0 Å². The summed E-state index contributed by atoms with van der Waals surface area (Å²) in [5, 5.41) is 0. The number of halogens is 4. The predicted octanol–water partition coefficient (Wildman–Crippen LogP) is 3.94. The van der Waals surface area contributed by atoms with Crippen molar-refractivity contribution in [3.63, 3.8) is 0 Å². The van der Waals surface area contributed by atoms with Gasteiger partial charge in [0, 0.05) is 11.9 Å². The average Bonchev–Trinajstić information content (AvgIpc) is 1.85. The van der Waals surface area contributed by atoms with E-state index >= 15 is 0 Å². The normalized spacial score (nSPS) is 10.1. The Kier molecular flexibility index (Phi) is 6.02. The number of hydrogen-bond donors (Lipinski definition) is 0. The molecular weight excluding hydrogens is 240 g/mol. The standard InChI is InChI=1S/C6H7N.CCl4/c1-6-4-2-3-5-7-6;2-1(3,4)5/h2-5H,1H3;. The molecule has 5 heteroatoms. The minimum atomic E-state index is -1.61. The third kappa shape index (κ3) is 12.9. The van der Waals surface area contributed by atoms with E-state index in [1.807, 2.05) is 25.1 Å². The molecule has 0 aliphatic carbocycles. The van der Waals surface area contributed by atoms with Gasteiger partial charge in [-0.25, -0.2) is 0 Å². The molecule has 0 atom stereocenters. The molecule has 0 bridgehead atoms. The van der Waals surface area contributed by atoms with E-state index in [9.17, 15) is 0 Å². The fourth-order valence-corrected chi connectivity index (χ4v) is 0.448. The molecule has 1 nitrogen and oxygen atoms in total. The fourth-order valence-electron chi connectivity index (χ4n) is 0.448. The van der Waals surface area contributed by atoms with E-state index < -0.39 is 3.25 Å². The zero-order valence-corrected chi connectivity index (χ0v) is 9.29. The topological polar surface area (TPSA) is 12.9 Å². The zero-order chi connectivity index (χ0) is 9.61. The van der Waals surface area contributed by atoms with Crippen LogP contribution in [0.15, 0.2) is 24.4 Å². The third-order valence-corrected chi connectivity index (χ3v) is 0.813. The van der Waals surface area contributed by atoms with E-state index in [0.717, 1.165) is 5.69 Å². The van der Waals surface area contributed by atoms with Crippen LogP contribution >= 0.6 is 46.4 Å². The number of aromatic nitrogens is 1. The summed E-state index contributed by atoms with van der Waals surface area (Å²) in [7, 11) is 0. The van der Waals surface area contributed by atoms with Crippen LogP contribution in [0.4, 0.5) is 0 Å². The molecule has 1 rings (SSSR count). The van der Waals surface area contributed by atoms with Gasteiger partial charge in [-0.15, -0.1) is 0 Å². The first kappa shape index (κ1) is 12.3. The minimum Gasteiger partial charge on any atom is -0.262 e. The highest BCUT2D eigenvalue weighted by molar-refractivity contribution is 6.83. The molecule has 0 spiro atoms. The van der Waals surface area contributed by atoms with Crippen LogP contribution < -0.4 is 0 Å². The quantitative estimate of drug-likeness (QED) is 0.632. The van der Waals surface area contributed by atoms with Crippen molar-refractivity contribution in [1.29, 1.82) is 0 Å². The number of hydrogen-bond acceptors (Lipinski definition) is 1. The lowest BCUT2D eigenvalue weighted by Crippen LogP contribution is -1.81. The van der Waals surface area contributed by atoms with Crippen LogP contribution in [0.25, 0.3) is 0 Å². The van der Waals surface area contributed by atoms with Crippen molar-refractivity contribution in [2.24, 2.45) is 0 Å². The van der Waals surface area contributed by atoms with Gasteiger partial charge in [-0.1, -0.05) is 52.5 Å². The number of nitrogens with zero attached hydrogens (tertiary/aromatic N) is 1. The molecule has 68 valence electrons. The van der Waals surface area contributed by atoms with Crippen molar-refractivity contribution >= 4 is 46.4 Å². The van der Waals surface area contributed by atoms with E-state index in [4.69, 9.17) is 46.4 Å². The zero-order valence-electron chi connectivity index (χ0n) is 6.27. The summed E-state index contributed by atoms with van der Waals surface area (Å²) in [5.41, 5.74) is 1.07. The van der Waals surface area contributed by atoms with Crippen LogP contribution in [0.1, 0.15) is 5.69 Å². The van der Waals surface area contributed by atoms with Crippen molar-refractivity contribution < 1.29 is 0 Å². The van der Waals surface area contributed by atoms with E-state index in [2.05, 4.69) is 4.98 Å². The van der Waals surface area contributed by atoms with E-state index in [1.54, 1.807) is 6.20 Å². The number of aryl methyl sites for hydroxylation is 1.